The highest BCUT2D eigenvalue weighted by atomic mass is 32.2. The molecule has 0 aliphatic carbocycles. The summed E-state index contributed by atoms with van der Waals surface area (Å²) >= 11 is 1.83. The fourth-order valence-corrected chi connectivity index (χ4v) is 2.89. The first-order chi connectivity index (χ1) is 7.24. The summed E-state index contributed by atoms with van der Waals surface area (Å²) in [5, 5.41) is 4.02. The summed E-state index contributed by atoms with van der Waals surface area (Å²) in [4.78, 5) is 13.5. The molecule has 0 unspecified atom stereocenters. The molecule has 1 N–H and O–H groups in total. The molecule has 15 heavy (non-hydrogen) atoms. The number of carbonyl (C=O) groups is 1. The lowest BCUT2D eigenvalue weighted by Crippen LogP contribution is -2.32. The Labute approximate surface area is 97.0 Å². The molecule has 3 nitrogen and oxygen atoms in total. The van der Waals surface area contributed by atoms with Crippen LogP contribution in [0, 0.1) is 0 Å². The monoisotopic (exact) mass is 230 g/mol. The number of carbonyl (C=O) groups excluding carboxylic acids is 1. The molecule has 4 heteroatoms. The van der Waals surface area contributed by atoms with Crippen LogP contribution < -0.4 is 5.32 Å². The number of hydrogen-bond acceptors (Lipinski definition) is 3. The average molecular weight is 230 g/mol. The second-order valence-corrected chi connectivity index (χ2v) is 5.36. The van der Waals surface area contributed by atoms with Crippen molar-refractivity contribution in [3.63, 3.8) is 0 Å². The van der Waals surface area contributed by atoms with Crippen LogP contribution >= 0.6 is 11.8 Å². The molecule has 0 saturated carbocycles. The van der Waals surface area contributed by atoms with E-state index in [2.05, 4.69) is 12.2 Å². The smallest absolute Gasteiger partial charge is 0.232 e. The van der Waals surface area contributed by atoms with Gasteiger partial charge in [-0.1, -0.05) is 6.92 Å². The lowest BCUT2D eigenvalue weighted by atomic mass is 10.2. The van der Waals surface area contributed by atoms with E-state index in [1.807, 2.05) is 23.7 Å². The fourth-order valence-electron chi connectivity index (χ4n) is 1.72. The van der Waals surface area contributed by atoms with Gasteiger partial charge in [-0.15, -0.1) is 11.8 Å². The number of nitrogens with one attached hydrogen (secondary N) is 1. The van der Waals surface area contributed by atoms with Gasteiger partial charge in [0.2, 0.25) is 5.91 Å². The Kier molecular flexibility index (Phi) is 6.10. The van der Waals surface area contributed by atoms with E-state index in [0.29, 0.717) is 11.0 Å². The molecule has 0 radical (unpaired) electrons. The van der Waals surface area contributed by atoms with Gasteiger partial charge in [0.15, 0.2) is 0 Å². The van der Waals surface area contributed by atoms with Gasteiger partial charge < -0.3 is 10.2 Å². The zero-order chi connectivity index (χ0) is 11.1. The van der Waals surface area contributed by atoms with Crippen LogP contribution in [-0.4, -0.2) is 48.5 Å². The Morgan fingerprint density at radius 1 is 1.47 bits per heavy atom. The third kappa shape index (κ3) is 4.89. The molecule has 0 atom stereocenters. The first-order valence-electron chi connectivity index (χ1n) is 5.80. The highest BCUT2D eigenvalue weighted by molar-refractivity contribution is 8.00. The van der Waals surface area contributed by atoms with E-state index in [1.54, 1.807) is 0 Å². The van der Waals surface area contributed by atoms with Crippen molar-refractivity contribution >= 4 is 17.7 Å². The van der Waals surface area contributed by atoms with Crippen LogP contribution in [0.1, 0.15) is 26.2 Å². The van der Waals surface area contributed by atoms with Crippen LogP contribution in [0.3, 0.4) is 0 Å². The third-order valence-corrected chi connectivity index (χ3v) is 4.07. The molecule has 1 fully saturated rings. The van der Waals surface area contributed by atoms with E-state index in [1.165, 1.54) is 12.8 Å². The van der Waals surface area contributed by atoms with Crippen LogP contribution in [0.5, 0.6) is 0 Å². The molecule has 1 aliphatic heterocycles. The Hall–Kier alpha value is -0.220. The van der Waals surface area contributed by atoms with Crippen molar-refractivity contribution in [2.75, 3.05) is 32.4 Å². The number of piperidine rings is 1. The summed E-state index contributed by atoms with van der Waals surface area (Å²) in [5.41, 5.74) is 0. The maximum Gasteiger partial charge on any atom is 0.232 e. The summed E-state index contributed by atoms with van der Waals surface area (Å²) in [7, 11) is 1.90. The molecule has 0 aromatic rings. The number of amides is 1. The van der Waals surface area contributed by atoms with Gasteiger partial charge in [-0.25, -0.2) is 0 Å². The highest BCUT2D eigenvalue weighted by Gasteiger charge is 2.16. The van der Waals surface area contributed by atoms with Crippen molar-refractivity contribution in [1.82, 2.24) is 10.2 Å². The quantitative estimate of drug-likeness (QED) is 0.773. The Bertz CT molecular complexity index is 193. The molecule has 1 rings (SSSR count). The maximum atomic E-state index is 11.7. The molecular weight excluding hydrogens is 208 g/mol. The Morgan fingerprint density at radius 3 is 2.73 bits per heavy atom. The molecule has 0 aromatic heterocycles. The summed E-state index contributed by atoms with van der Waals surface area (Å²) in [6.07, 6.45) is 3.45. The molecule has 0 bridgehead atoms. The predicted octanol–water partition coefficient (Wildman–Crippen LogP) is 1.34. The third-order valence-electron chi connectivity index (χ3n) is 2.71. The molecule has 1 amide bonds. The van der Waals surface area contributed by atoms with Gasteiger partial charge in [0, 0.05) is 18.8 Å². The topological polar surface area (TPSA) is 32.3 Å². The van der Waals surface area contributed by atoms with Crippen LogP contribution in [0.4, 0.5) is 0 Å². The van der Waals surface area contributed by atoms with E-state index in [0.717, 1.165) is 26.1 Å². The van der Waals surface area contributed by atoms with Crippen LogP contribution in [0.15, 0.2) is 0 Å². The Balaban J connectivity index is 2.14. The van der Waals surface area contributed by atoms with Gasteiger partial charge in [-0.3, -0.25) is 4.79 Å². The maximum absolute atomic E-state index is 11.7. The van der Waals surface area contributed by atoms with Crippen molar-refractivity contribution in [3.8, 4) is 0 Å². The first kappa shape index (κ1) is 12.8. The standard InChI is InChI=1S/C11H22N2OS/c1-3-8-13(2)11(14)9-15-10-4-6-12-7-5-10/h10,12H,3-9H2,1-2H3. The number of nitrogens with zero attached hydrogens (tertiary/aromatic N) is 1. The van der Waals surface area contributed by atoms with Gasteiger partial charge >= 0.3 is 0 Å². The second kappa shape index (κ2) is 7.12. The van der Waals surface area contributed by atoms with Gasteiger partial charge in [0.25, 0.3) is 0 Å². The summed E-state index contributed by atoms with van der Waals surface area (Å²) < 4.78 is 0. The molecule has 88 valence electrons. The molecule has 0 aromatic carbocycles. The molecular formula is C11H22N2OS. The molecule has 0 spiro atoms. The summed E-state index contributed by atoms with van der Waals surface area (Å²) in [6.45, 7) is 5.20. The van der Waals surface area contributed by atoms with Gasteiger partial charge in [-0.2, -0.15) is 0 Å². The van der Waals surface area contributed by atoms with Crippen LogP contribution in [0.2, 0.25) is 0 Å². The normalized spacial score (nSPS) is 17.7. The number of hydrogen-bond donors (Lipinski definition) is 1. The largest absolute Gasteiger partial charge is 0.345 e. The fraction of sp³-hybridized carbons (Fsp3) is 0.909. The zero-order valence-corrected chi connectivity index (χ0v) is 10.6. The summed E-state index contributed by atoms with van der Waals surface area (Å²) in [5.74, 6) is 0.932. The van der Waals surface area contributed by atoms with E-state index in [4.69, 9.17) is 0 Å². The lowest BCUT2D eigenvalue weighted by molar-refractivity contribution is -0.127. The van der Waals surface area contributed by atoms with Gasteiger partial charge in [0.1, 0.15) is 0 Å². The van der Waals surface area contributed by atoms with E-state index in [9.17, 15) is 4.79 Å². The molecule has 1 heterocycles. The number of rotatable bonds is 5. The van der Waals surface area contributed by atoms with Gasteiger partial charge in [0.05, 0.1) is 5.75 Å². The van der Waals surface area contributed by atoms with Crippen molar-refractivity contribution in [1.29, 1.82) is 0 Å². The highest BCUT2D eigenvalue weighted by Crippen LogP contribution is 2.20. The summed E-state index contributed by atoms with van der Waals surface area (Å²) in [6, 6.07) is 0. The SMILES string of the molecule is CCCN(C)C(=O)CSC1CCNCC1. The zero-order valence-electron chi connectivity index (χ0n) is 9.79. The van der Waals surface area contributed by atoms with Crippen LogP contribution in [0.25, 0.3) is 0 Å². The van der Waals surface area contributed by atoms with Gasteiger partial charge in [-0.05, 0) is 32.4 Å². The van der Waals surface area contributed by atoms with E-state index in [-0.39, 0.29) is 5.91 Å². The lowest BCUT2D eigenvalue weighted by Gasteiger charge is -2.23. The van der Waals surface area contributed by atoms with E-state index >= 15 is 0 Å². The molecule has 1 saturated heterocycles. The minimum atomic E-state index is 0.278. The predicted molar refractivity (Wildman–Crippen MR) is 66.3 cm³/mol. The van der Waals surface area contributed by atoms with Crippen LogP contribution in [-0.2, 0) is 4.79 Å². The minimum absolute atomic E-state index is 0.278. The van der Waals surface area contributed by atoms with Crippen molar-refractivity contribution in [2.45, 2.75) is 31.4 Å². The van der Waals surface area contributed by atoms with Crippen molar-refractivity contribution < 1.29 is 4.79 Å². The van der Waals surface area contributed by atoms with Crippen molar-refractivity contribution in [2.24, 2.45) is 0 Å². The molecule has 1 aliphatic rings. The second-order valence-electron chi connectivity index (χ2n) is 4.08. The van der Waals surface area contributed by atoms with E-state index < -0.39 is 0 Å². The first-order valence-corrected chi connectivity index (χ1v) is 6.85. The van der Waals surface area contributed by atoms with Crippen molar-refractivity contribution in [3.05, 3.63) is 0 Å². The average Bonchev–Trinajstić information content (AvgIpc) is 2.27. The number of thioether (sulfide) groups is 1. The minimum Gasteiger partial charge on any atom is -0.345 e. The Morgan fingerprint density at radius 2 is 2.13 bits per heavy atom.